The average Bonchev–Trinajstić information content (AvgIpc) is 2.66. The second-order valence-corrected chi connectivity index (χ2v) is 8.28. The standard InChI is InChI=1S/C16H32O2.C6H15O3Si/c1-2-3-4-5-6-7-8-9-10-11-12-13-14-15-16(17)18;1-4-7-10(8-5-2)9-6-3/h2-15H2,1H3,(H,17,18);4-6H2,1-3H3/p-1. The molecule has 0 unspecified atom stereocenters. The van der Waals surface area contributed by atoms with Gasteiger partial charge in [0.15, 0.2) is 0 Å². The Bertz CT molecular complexity index is 288. The monoisotopic (exact) mass is 418 g/mol. The lowest BCUT2D eigenvalue weighted by Gasteiger charge is -2.10. The van der Waals surface area contributed by atoms with Crippen molar-refractivity contribution in [1.29, 1.82) is 0 Å². The predicted molar refractivity (Wildman–Crippen MR) is 116 cm³/mol. The van der Waals surface area contributed by atoms with E-state index in [2.05, 4.69) is 6.92 Å². The van der Waals surface area contributed by atoms with Crippen molar-refractivity contribution in [3.63, 3.8) is 0 Å². The molecular formula is C22H46O5Si-. The largest absolute Gasteiger partial charge is 0.577 e. The van der Waals surface area contributed by atoms with E-state index in [1.54, 1.807) is 0 Å². The third-order valence-electron chi connectivity index (χ3n) is 4.27. The molecule has 0 bridgehead atoms. The molecule has 0 spiro atoms. The van der Waals surface area contributed by atoms with E-state index in [1.807, 2.05) is 20.8 Å². The van der Waals surface area contributed by atoms with Gasteiger partial charge in [-0.25, -0.2) is 0 Å². The van der Waals surface area contributed by atoms with E-state index in [9.17, 15) is 9.90 Å². The number of hydrogen-bond donors (Lipinski definition) is 0. The Morgan fingerprint density at radius 1 is 0.607 bits per heavy atom. The fourth-order valence-corrected chi connectivity index (χ4v) is 3.72. The van der Waals surface area contributed by atoms with Crippen LogP contribution in [0.1, 0.15) is 118 Å². The number of carboxylic acid groups (broad SMARTS) is 1. The molecular weight excluding hydrogens is 372 g/mol. The Balaban J connectivity index is 0. The number of rotatable bonds is 20. The first-order valence-electron chi connectivity index (χ1n) is 11.6. The third kappa shape index (κ3) is 27.8. The van der Waals surface area contributed by atoms with Crippen molar-refractivity contribution in [3.8, 4) is 0 Å². The highest BCUT2D eigenvalue weighted by Gasteiger charge is 2.15. The lowest BCUT2D eigenvalue weighted by molar-refractivity contribution is -0.305. The fraction of sp³-hybridized carbons (Fsp3) is 0.955. The summed E-state index contributed by atoms with van der Waals surface area (Å²) in [5.74, 6) is -0.905. The van der Waals surface area contributed by atoms with Crippen LogP contribution in [-0.4, -0.2) is 35.3 Å². The molecule has 0 rings (SSSR count). The molecule has 0 saturated carbocycles. The molecule has 0 aromatic heterocycles. The molecule has 0 atom stereocenters. The first-order chi connectivity index (χ1) is 13.6. The molecule has 0 aliphatic carbocycles. The summed E-state index contributed by atoms with van der Waals surface area (Å²) >= 11 is 0. The number of hydrogen-bond acceptors (Lipinski definition) is 5. The fourth-order valence-electron chi connectivity index (χ4n) is 2.77. The quantitative estimate of drug-likeness (QED) is 0.198. The molecule has 0 aromatic rings. The Hall–Kier alpha value is -0.433. The minimum Gasteiger partial charge on any atom is -0.550 e. The molecule has 0 aliphatic rings. The van der Waals surface area contributed by atoms with Gasteiger partial charge in [-0.05, 0) is 33.6 Å². The molecule has 0 amide bonds. The van der Waals surface area contributed by atoms with Gasteiger partial charge in [0.25, 0.3) is 0 Å². The number of carbonyl (C=O) groups excluding carboxylic acids is 1. The van der Waals surface area contributed by atoms with E-state index < -0.39 is 15.5 Å². The van der Waals surface area contributed by atoms with Gasteiger partial charge in [0, 0.05) is 25.8 Å². The smallest absolute Gasteiger partial charge is 0.550 e. The normalized spacial score (nSPS) is 10.8. The minimum atomic E-state index is -1.40. The van der Waals surface area contributed by atoms with Crippen molar-refractivity contribution in [2.45, 2.75) is 118 Å². The van der Waals surface area contributed by atoms with Gasteiger partial charge in [-0.2, -0.15) is 0 Å². The van der Waals surface area contributed by atoms with Crippen LogP contribution in [0.2, 0.25) is 0 Å². The van der Waals surface area contributed by atoms with Crippen LogP contribution in [0.3, 0.4) is 0 Å². The Labute approximate surface area is 176 Å². The zero-order valence-electron chi connectivity index (χ0n) is 19.1. The molecule has 169 valence electrons. The summed E-state index contributed by atoms with van der Waals surface area (Å²) < 4.78 is 15.5. The Morgan fingerprint density at radius 3 is 1.21 bits per heavy atom. The van der Waals surface area contributed by atoms with Crippen LogP contribution < -0.4 is 5.11 Å². The van der Waals surface area contributed by atoms with Crippen molar-refractivity contribution in [2.24, 2.45) is 0 Å². The molecule has 5 nitrogen and oxygen atoms in total. The second-order valence-electron chi connectivity index (χ2n) is 6.91. The maximum atomic E-state index is 10.2. The van der Waals surface area contributed by atoms with Crippen LogP contribution in [0.25, 0.3) is 0 Å². The van der Waals surface area contributed by atoms with Crippen LogP contribution in [0.15, 0.2) is 0 Å². The van der Waals surface area contributed by atoms with Gasteiger partial charge in [0.1, 0.15) is 0 Å². The van der Waals surface area contributed by atoms with E-state index in [0.717, 1.165) is 12.8 Å². The average molecular weight is 419 g/mol. The molecule has 28 heavy (non-hydrogen) atoms. The van der Waals surface area contributed by atoms with E-state index >= 15 is 0 Å². The lowest BCUT2D eigenvalue weighted by Crippen LogP contribution is -2.27. The van der Waals surface area contributed by atoms with Gasteiger partial charge < -0.3 is 23.2 Å². The van der Waals surface area contributed by atoms with Gasteiger partial charge in [-0.1, -0.05) is 84.0 Å². The Kier molecular flexibility index (Phi) is 28.2. The van der Waals surface area contributed by atoms with Gasteiger partial charge in [0.05, 0.1) is 0 Å². The number of carbonyl (C=O) groups is 1. The lowest BCUT2D eigenvalue weighted by atomic mass is 10.0. The van der Waals surface area contributed by atoms with Crippen LogP contribution in [-0.2, 0) is 18.1 Å². The second kappa shape index (κ2) is 26.6. The van der Waals surface area contributed by atoms with E-state index in [-0.39, 0.29) is 6.42 Å². The molecule has 0 aliphatic heterocycles. The highest BCUT2D eigenvalue weighted by Crippen LogP contribution is 2.12. The molecule has 0 N–H and O–H groups in total. The summed E-state index contributed by atoms with van der Waals surface area (Å²) in [5, 5.41) is 10.2. The zero-order chi connectivity index (χ0) is 21.3. The first kappa shape index (κ1) is 29.8. The van der Waals surface area contributed by atoms with Gasteiger partial charge in [-0.3, -0.25) is 0 Å². The van der Waals surface area contributed by atoms with Gasteiger partial charge in [-0.15, -0.1) is 0 Å². The summed E-state index contributed by atoms with van der Waals surface area (Å²) in [6, 6.07) is 0. The maximum absolute atomic E-state index is 10.2. The molecule has 0 saturated heterocycles. The highest BCUT2D eigenvalue weighted by molar-refractivity contribution is 6.36. The Morgan fingerprint density at radius 2 is 0.929 bits per heavy atom. The molecule has 6 heteroatoms. The van der Waals surface area contributed by atoms with E-state index in [1.165, 1.54) is 70.6 Å². The molecule has 1 radical (unpaired) electrons. The van der Waals surface area contributed by atoms with Crippen molar-refractivity contribution in [1.82, 2.24) is 0 Å². The number of carboxylic acids is 1. The van der Waals surface area contributed by atoms with Crippen LogP contribution >= 0.6 is 0 Å². The van der Waals surface area contributed by atoms with Crippen LogP contribution in [0.4, 0.5) is 0 Å². The predicted octanol–water partition coefficient (Wildman–Crippen LogP) is 5.30. The number of aliphatic carboxylic acids is 1. The molecule has 0 fully saturated rings. The molecule has 0 heterocycles. The number of unbranched alkanes of at least 4 members (excludes halogenated alkanes) is 12. The maximum Gasteiger partial charge on any atom is 0.577 e. The van der Waals surface area contributed by atoms with Crippen LogP contribution in [0.5, 0.6) is 0 Å². The topological polar surface area (TPSA) is 67.8 Å². The van der Waals surface area contributed by atoms with E-state index in [4.69, 9.17) is 13.3 Å². The third-order valence-corrected chi connectivity index (χ3v) is 5.84. The van der Waals surface area contributed by atoms with Crippen molar-refractivity contribution in [2.75, 3.05) is 19.8 Å². The minimum absolute atomic E-state index is 0.234. The van der Waals surface area contributed by atoms with Gasteiger partial charge in [0.2, 0.25) is 0 Å². The first-order valence-corrected chi connectivity index (χ1v) is 12.8. The van der Waals surface area contributed by atoms with Crippen molar-refractivity contribution < 1.29 is 23.2 Å². The highest BCUT2D eigenvalue weighted by atomic mass is 28.3. The summed E-state index contributed by atoms with van der Waals surface area (Å²) in [6.45, 7) is 10.0. The summed E-state index contributed by atoms with van der Waals surface area (Å²) in [7, 11) is -1.40. The van der Waals surface area contributed by atoms with Crippen LogP contribution in [0, 0.1) is 0 Å². The molecule has 0 aromatic carbocycles. The van der Waals surface area contributed by atoms with Crippen molar-refractivity contribution >= 4 is 15.5 Å². The zero-order valence-corrected chi connectivity index (χ0v) is 20.1. The summed E-state index contributed by atoms with van der Waals surface area (Å²) in [6.07, 6.45) is 16.9. The van der Waals surface area contributed by atoms with Gasteiger partial charge >= 0.3 is 9.53 Å². The van der Waals surface area contributed by atoms with Crippen molar-refractivity contribution in [3.05, 3.63) is 0 Å². The SMILES string of the molecule is CCCCCCCCCCCCCCCC(=O)[O-].CCO[Si](OCC)OCC. The summed E-state index contributed by atoms with van der Waals surface area (Å²) in [5.41, 5.74) is 0. The van der Waals surface area contributed by atoms with E-state index in [0.29, 0.717) is 19.8 Å². The summed E-state index contributed by atoms with van der Waals surface area (Å²) in [4.78, 5) is 10.2.